The van der Waals surface area contributed by atoms with E-state index in [4.69, 9.17) is 23.5 Å². The lowest BCUT2D eigenvalue weighted by atomic mass is 9.89. The topological polar surface area (TPSA) is 152 Å². The molecule has 3 heterocycles. The summed E-state index contributed by atoms with van der Waals surface area (Å²) in [6, 6.07) is 0. The third kappa shape index (κ3) is 5.57. The fraction of sp³-hybridized carbons (Fsp3) is 0.739. The van der Waals surface area contributed by atoms with Crippen LogP contribution in [0.1, 0.15) is 47.8 Å². The molecule has 1 unspecified atom stereocenters. The summed E-state index contributed by atoms with van der Waals surface area (Å²) in [6.07, 6.45) is -2.08. The molecular weight excluding hydrogens is 614 g/mol. The number of halogens is 1. The Morgan fingerprint density at radius 1 is 1.11 bits per heavy atom. The SMILES string of the molecule is CC(C)(C)[Si](C)(C)OC[C@H]1O[C@@H](n2cc(Br)c(=O)[nH]c2=O)[C@H](O[Si](C)(C)C(C)(C)C)C12OS(=O)(=O)C=C2N. The van der Waals surface area contributed by atoms with Gasteiger partial charge >= 0.3 is 5.69 Å². The largest absolute Gasteiger partial charge is 0.414 e. The lowest BCUT2D eigenvalue weighted by Gasteiger charge is -2.43. The number of rotatable bonds is 6. The fourth-order valence-corrected chi connectivity index (χ4v) is 7.69. The lowest BCUT2D eigenvalue weighted by Crippen LogP contribution is -2.59. The first-order valence-electron chi connectivity index (χ1n) is 12.4. The summed E-state index contributed by atoms with van der Waals surface area (Å²) in [5, 5.41) is 0.437. The highest BCUT2D eigenvalue weighted by molar-refractivity contribution is 9.10. The van der Waals surface area contributed by atoms with Crippen LogP contribution in [0.15, 0.2) is 31.4 Å². The number of nitrogens with one attached hydrogen (secondary N) is 1. The molecule has 1 aromatic rings. The molecule has 0 radical (unpaired) electrons. The second-order valence-electron chi connectivity index (χ2n) is 13.0. The van der Waals surface area contributed by atoms with E-state index in [0.29, 0.717) is 0 Å². The zero-order chi connectivity index (χ0) is 29.3. The minimum atomic E-state index is -4.19. The van der Waals surface area contributed by atoms with Gasteiger partial charge in [0.05, 0.1) is 22.2 Å². The van der Waals surface area contributed by atoms with Crippen molar-refractivity contribution in [3.8, 4) is 0 Å². The van der Waals surface area contributed by atoms with Crippen LogP contribution in [-0.4, -0.2) is 59.0 Å². The van der Waals surface area contributed by atoms with E-state index in [-0.39, 0.29) is 26.9 Å². The number of ether oxygens (including phenoxy) is 1. The maximum absolute atomic E-state index is 13.0. The Hall–Kier alpha value is -1.08. The van der Waals surface area contributed by atoms with E-state index in [9.17, 15) is 18.0 Å². The molecule has 3 N–H and O–H groups in total. The average Bonchev–Trinajstić information content (AvgIpc) is 3.14. The monoisotopic (exact) mass is 653 g/mol. The molecule has 38 heavy (non-hydrogen) atoms. The number of hydrogen-bond donors (Lipinski definition) is 2. The van der Waals surface area contributed by atoms with Crippen LogP contribution in [0.2, 0.25) is 36.3 Å². The molecule has 2 aliphatic heterocycles. The summed E-state index contributed by atoms with van der Waals surface area (Å²) in [7, 11) is -9.16. The van der Waals surface area contributed by atoms with Crippen molar-refractivity contribution >= 4 is 42.7 Å². The van der Waals surface area contributed by atoms with E-state index in [1.54, 1.807) is 0 Å². The number of hydrogen-bond acceptors (Lipinski definition) is 9. The molecule has 4 atom stereocenters. The molecule has 3 rings (SSSR count). The molecule has 2 aliphatic rings. The molecule has 1 aromatic heterocycles. The number of nitrogens with two attached hydrogens (primary N) is 1. The van der Waals surface area contributed by atoms with Crippen LogP contribution < -0.4 is 17.0 Å². The summed E-state index contributed by atoms with van der Waals surface area (Å²) >= 11 is 3.17. The van der Waals surface area contributed by atoms with Crippen LogP contribution in [0.3, 0.4) is 0 Å². The molecule has 216 valence electrons. The Kier molecular flexibility index (Phi) is 8.10. The van der Waals surface area contributed by atoms with Crippen LogP contribution in [0, 0.1) is 0 Å². The van der Waals surface area contributed by atoms with E-state index in [1.165, 1.54) is 10.8 Å². The van der Waals surface area contributed by atoms with Gasteiger partial charge in [-0.05, 0) is 52.2 Å². The summed E-state index contributed by atoms with van der Waals surface area (Å²) in [5.41, 5.74) is 3.18. The van der Waals surface area contributed by atoms with Gasteiger partial charge in [-0.3, -0.25) is 14.3 Å². The first-order chi connectivity index (χ1) is 17.0. The van der Waals surface area contributed by atoms with E-state index in [2.05, 4.69) is 54.8 Å². The Bertz CT molecular complexity index is 1340. The van der Waals surface area contributed by atoms with E-state index < -0.39 is 62.0 Å². The van der Waals surface area contributed by atoms with E-state index >= 15 is 0 Å². The smallest absolute Gasteiger partial charge is 0.330 e. The van der Waals surface area contributed by atoms with Crippen LogP contribution >= 0.6 is 15.9 Å². The van der Waals surface area contributed by atoms with Crippen molar-refractivity contribution < 1.29 is 26.2 Å². The van der Waals surface area contributed by atoms with Crippen molar-refractivity contribution in [2.24, 2.45) is 5.73 Å². The number of aromatic nitrogens is 2. The summed E-state index contributed by atoms with van der Waals surface area (Å²) in [5.74, 6) is 0. The molecule has 1 saturated heterocycles. The zero-order valence-corrected chi connectivity index (χ0v) is 28.1. The predicted molar refractivity (Wildman–Crippen MR) is 153 cm³/mol. The van der Waals surface area contributed by atoms with E-state index in [0.717, 1.165) is 5.41 Å². The quantitative estimate of drug-likeness (QED) is 0.347. The second kappa shape index (κ2) is 9.78. The predicted octanol–water partition coefficient (Wildman–Crippen LogP) is 3.51. The van der Waals surface area contributed by atoms with Gasteiger partial charge in [0.25, 0.3) is 15.7 Å². The number of nitrogens with zero attached hydrogens (tertiary/aromatic N) is 1. The third-order valence-corrected chi connectivity index (χ3v) is 18.8. The Morgan fingerprint density at radius 2 is 1.66 bits per heavy atom. The van der Waals surface area contributed by atoms with Gasteiger partial charge in [-0.25, -0.2) is 8.98 Å². The Balaban J connectivity index is 2.24. The van der Waals surface area contributed by atoms with Crippen LogP contribution in [0.25, 0.3) is 0 Å². The fourth-order valence-electron chi connectivity index (χ4n) is 3.86. The lowest BCUT2D eigenvalue weighted by molar-refractivity contribution is -0.0563. The van der Waals surface area contributed by atoms with Gasteiger partial charge in [-0.15, -0.1) is 0 Å². The molecule has 0 amide bonds. The minimum absolute atomic E-state index is 0.0479. The molecule has 1 spiro atoms. The number of aromatic amines is 1. The van der Waals surface area contributed by atoms with Crippen LogP contribution in [0.4, 0.5) is 0 Å². The van der Waals surface area contributed by atoms with Crippen molar-refractivity contribution in [1.82, 2.24) is 9.55 Å². The molecule has 1 fully saturated rings. The molecule has 11 nitrogen and oxygen atoms in total. The molecule has 0 bridgehead atoms. The van der Waals surface area contributed by atoms with Gasteiger partial charge in [0, 0.05) is 6.20 Å². The summed E-state index contributed by atoms with van der Waals surface area (Å²) < 4.78 is 52.2. The Labute approximate surface area is 234 Å². The standard InChI is InChI=1S/C23H40BrN3O8SSi2/c1-21(2,3)37(7,8)32-12-16-23(15(25)13-36(30,31)35-23)17(34-38(9,10)22(4,5)6)19(33-16)27-11-14(24)18(28)26-20(27)29/h11,13,16-17,19H,12,25H2,1-10H3,(H,26,28,29)/t16-,17+,19-,23?/m1/s1. The second-order valence-corrected chi connectivity index (χ2v) is 24.8. The third-order valence-electron chi connectivity index (χ3n) is 8.27. The van der Waals surface area contributed by atoms with Gasteiger partial charge in [-0.1, -0.05) is 41.5 Å². The van der Waals surface area contributed by atoms with Crippen molar-refractivity contribution in [3.05, 3.63) is 42.6 Å². The van der Waals surface area contributed by atoms with Gasteiger partial charge in [0.15, 0.2) is 28.5 Å². The molecule has 0 aromatic carbocycles. The number of H-pyrrole nitrogens is 1. The minimum Gasteiger partial charge on any atom is -0.414 e. The van der Waals surface area contributed by atoms with E-state index in [1.807, 2.05) is 33.9 Å². The summed E-state index contributed by atoms with van der Waals surface area (Å²) in [4.78, 5) is 27.3. The van der Waals surface area contributed by atoms with Gasteiger partial charge in [0.1, 0.15) is 12.2 Å². The maximum Gasteiger partial charge on any atom is 0.330 e. The molecular formula is C23H40BrN3O8SSi2. The Morgan fingerprint density at radius 3 is 2.13 bits per heavy atom. The molecule has 0 aliphatic carbocycles. The highest BCUT2D eigenvalue weighted by Gasteiger charge is 2.67. The highest BCUT2D eigenvalue weighted by atomic mass is 79.9. The average molecular weight is 655 g/mol. The normalized spacial score (nSPS) is 28.2. The van der Waals surface area contributed by atoms with Gasteiger partial charge in [-0.2, -0.15) is 8.42 Å². The van der Waals surface area contributed by atoms with Crippen molar-refractivity contribution in [2.75, 3.05) is 6.61 Å². The summed E-state index contributed by atoms with van der Waals surface area (Å²) in [6.45, 7) is 20.4. The zero-order valence-electron chi connectivity index (χ0n) is 23.7. The van der Waals surface area contributed by atoms with Crippen molar-refractivity contribution in [3.63, 3.8) is 0 Å². The van der Waals surface area contributed by atoms with Crippen LogP contribution in [-0.2, 0) is 27.9 Å². The molecule has 0 saturated carbocycles. The highest BCUT2D eigenvalue weighted by Crippen LogP contribution is 2.52. The first-order valence-corrected chi connectivity index (χ1v) is 20.4. The molecule has 15 heteroatoms. The van der Waals surface area contributed by atoms with Gasteiger partial charge in [0.2, 0.25) is 0 Å². The van der Waals surface area contributed by atoms with Crippen molar-refractivity contribution in [1.29, 1.82) is 0 Å². The first kappa shape index (κ1) is 31.5. The van der Waals surface area contributed by atoms with Crippen LogP contribution in [0.5, 0.6) is 0 Å². The maximum atomic E-state index is 13.0. The van der Waals surface area contributed by atoms with Crippen molar-refractivity contribution in [2.45, 2.75) is 102 Å². The van der Waals surface area contributed by atoms with Gasteiger partial charge < -0.3 is 19.3 Å².